The second kappa shape index (κ2) is 3.91. The highest BCUT2D eigenvalue weighted by molar-refractivity contribution is 5.99. The van der Waals surface area contributed by atoms with E-state index in [1.165, 1.54) is 6.92 Å². The molecule has 3 nitrogen and oxygen atoms in total. The number of rotatable bonds is 3. The van der Waals surface area contributed by atoms with Crippen molar-refractivity contribution in [2.75, 3.05) is 0 Å². The average molecular weight is 155 g/mol. The van der Waals surface area contributed by atoms with Crippen molar-refractivity contribution in [2.24, 2.45) is 5.92 Å². The SMILES string of the molecule is C=C(NC(C)=O)C(=O)C(C)C. The number of ketones is 1. The molecule has 1 amide bonds. The molecule has 0 aromatic rings. The predicted molar refractivity (Wildman–Crippen MR) is 42.8 cm³/mol. The van der Waals surface area contributed by atoms with Gasteiger partial charge in [0, 0.05) is 12.8 Å². The summed E-state index contributed by atoms with van der Waals surface area (Å²) in [4.78, 5) is 21.5. The molecule has 0 radical (unpaired) electrons. The predicted octanol–water partition coefficient (Wildman–Crippen LogP) is 0.861. The van der Waals surface area contributed by atoms with Crippen molar-refractivity contribution in [3.05, 3.63) is 12.3 Å². The largest absolute Gasteiger partial charge is 0.324 e. The first-order valence-corrected chi connectivity index (χ1v) is 3.46. The van der Waals surface area contributed by atoms with Gasteiger partial charge in [-0.1, -0.05) is 20.4 Å². The number of amides is 1. The molecule has 0 atom stereocenters. The quantitative estimate of drug-likeness (QED) is 0.614. The minimum absolute atomic E-state index is 0.116. The van der Waals surface area contributed by atoms with E-state index in [0.717, 1.165) is 0 Å². The van der Waals surface area contributed by atoms with E-state index < -0.39 is 0 Å². The summed E-state index contributed by atoms with van der Waals surface area (Å²) in [7, 11) is 0. The van der Waals surface area contributed by atoms with E-state index in [9.17, 15) is 9.59 Å². The molecule has 11 heavy (non-hydrogen) atoms. The van der Waals surface area contributed by atoms with Gasteiger partial charge in [0.05, 0.1) is 5.70 Å². The smallest absolute Gasteiger partial charge is 0.221 e. The van der Waals surface area contributed by atoms with Crippen molar-refractivity contribution < 1.29 is 9.59 Å². The van der Waals surface area contributed by atoms with Gasteiger partial charge in [-0.15, -0.1) is 0 Å². The van der Waals surface area contributed by atoms with E-state index in [1.807, 2.05) is 0 Å². The average Bonchev–Trinajstić information content (AvgIpc) is 1.84. The molecule has 0 aromatic heterocycles. The summed E-state index contributed by atoms with van der Waals surface area (Å²) >= 11 is 0. The van der Waals surface area contributed by atoms with Gasteiger partial charge in [-0.3, -0.25) is 9.59 Å². The van der Waals surface area contributed by atoms with Crippen LogP contribution in [0.3, 0.4) is 0 Å². The lowest BCUT2D eigenvalue weighted by Crippen LogP contribution is -2.26. The lowest BCUT2D eigenvalue weighted by Gasteiger charge is -2.06. The van der Waals surface area contributed by atoms with Crippen molar-refractivity contribution >= 4 is 11.7 Å². The second-order valence-corrected chi connectivity index (χ2v) is 2.68. The molecular formula is C8H13NO2. The van der Waals surface area contributed by atoms with Crippen molar-refractivity contribution in [3.63, 3.8) is 0 Å². The molecule has 0 aliphatic carbocycles. The minimum atomic E-state index is -0.260. The van der Waals surface area contributed by atoms with Crippen LogP contribution in [0, 0.1) is 5.92 Å². The van der Waals surface area contributed by atoms with Gasteiger partial charge in [0.15, 0.2) is 5.78 Å². The highest BCUT2D eigenvalue weighted by Crippen LogP contribution is 2.00. The highest BCUT2D eigenvalue weighted by Gasteiger charge is 2.11. The van der Waals surface area contributed by atoms with Crippen LogP contribution in [0.2, 0.25) is 0 Å². The molecule has 3 heteroatoms. The lowest BCUT2D eigenvalue weighted by molar-refractivity contribution is -0.122. The fraction of sp³-hybridized carbons (Fsp3) is 0.500. The van der Waals surface area contributed by atoms with Gasteiger partial charge in [0.25, 0.3) is 0 Å². The molecule has 0 saturated carbocycles. The Labute approximate surface area is 66.5 Å². The number of allylic oxidation sites excluding steroid dienone is 1. The maximum absolute atomic E-state index is 11.1. The standard InChI is InChI=1S/C8H13NO2/c1-5(2)8(11)6(3)9-7(4)10/h5H,3H2,1-2,4H3,(H,9,10). The summed E-state index contributed by atoms with van der Waals surface area (Å²) in [5.41, 5.74) is 0.174. The molecule has 0 unspecified atom stereocenters. The van der Waals surface area contributed by atoms with E-state index in [-0.39, 0.29) is 23.3 Å². The molecule has 0 spiro atoms. The second-order valence-electron chi connectivity index (χ2n) is 2.68. The van der Waals surface area contributed by atoms with Crippen LogP contribution in [0.15, 0.2) is 12.3 Å². The van der Waals surface area contributed by atoms with Gasteiger partial charge in [-0.2, -0.15) is 0 Å². The third kappa shape index (κ3) is 3.55. The van der Waals surface area contributed by atoms with Crippen LogP contribution in [0.4, 0.5) is 0 Å². The van der Waals surface area contributed by atoms with Gasteiger partial charge in [0.2, 0.25) is 5.91 Å². The van der Waals surface area contributed by atoms with Gasteiger partial charge in [-0.25, -0.2) is 0 Å². The van der Waals surface area contributed by atoms with Gasteiger partial charge >= 0.3 is 0 Å². The Balaban J connectivity index is 4.05. The zero-order valence-electron chi connectivity index (χ0n) is 7.10. The molecule has 0 aliphatic heterocycles. The number of hydrogen-bond acceptors (Lipinski definition) is 2. The maximum atomic E-state index is 11.1. The summed E-state index contributed by atoms with van der Waals surface area (Å²) in [5.74, 6) is -0.501. The summed E-state index contributed by atoms with van der Waals surface area (Å²) in [5, 5.41) is 2.34. The van der Waals surface area contributed by atoms with Gasteiger partial charge in [0.1, 0.15) is 0 Å². The Kier molecular flexibility index (Phi) is 3.51. The van der Waals surface area contributed by atoms with E-state index in [0.29, 0.717) is 0 Å². The Morgan fingerprint density at radius 2 is 1.82 bits per heavy atom. The lowest BCUT2D eigenvalue weighted by atomic mass is 10.1. The molecule has 0 heterocycles. The van der Waals surface area contributed by atoms with Crippen molar-refractivity contribution in [2.45, 2.75) is 20.8 Å². The molecule has 0 fully saturated rings. The molecule has 0 aromatic carbocycles. The Morgan fingerprint density at radius 1 is 1.36 bits per heavy atom. The fourth-order valence-corrected chi connectivity index (χ4v) is 0.623. The first-order valence-electron chi connectivity index (χ1n) is 3.46. The van der Waals surface area contributed by atoms with Crippen molar-refractivity contribution in [1.29, 1.82) is 0 Å². The van der Waals surface area contributed by atoms with Crippen LogP contribution in [0.1, 0.15) is 20.8 Å². The Bertz CT molecular complexity index is 194. The Hall–Kier alpha value is -1.12. The number of hydrogen-bond donors (Lipinski definition) is 1. The monoisotopic (exact) mass is 155 g/mol. The number of Topliss-reactive ketones (excluding diaryl/α,β-unsaturated/α-hetero) is 1. The molecule has 0 aliphatic rings. The number of nitrogens with one attached hydrogen (secondary N) is 1. The summed E-state index contributed by atoms with van der Waals surface area (Å²) in [6.45, 7) is 8.30. The zero-order chi connectivity index (χ0) is 9.02. The summed E-state index contributed by atoms with van der Waals surface area (Å²) < 4.78 is 0. The number of carbonyl (C=O) groups excluding carboxylic acids is 2. The van der Waals surface area contributed by atoms with Crippen LogP contribution in [-0.2, 0) is 9.59 Å². The maximum Gasteiger partial charge on any atom is 0.221 e. The molecule has 0 bridgehead atoms. The summed E-state index contributed by atoms with van der Waals surface area (Å²) in [6.07, 6.45) is 0. The third-order valence-corrected chi connectivity index (χ3v) is 1.15. The third-order valence-electron chi connectivity index (χ3n) is 1.15. The Morgan fingerprint density at radius 3 is 2.09 bits per heavy atom. The molecule has 62 valence electrons. The van der Waals surface area contributed by atoms with Crippen molar-refractivity contribution in [1.82, 2.24) is 5.32 Å². The minimum Gasteiger partial charge on any atom is -0.324 e. The molecule has 1 N–H and O–H groups in total. The topological polar surface area (TPSA) is 46.2 Å². The first-order chi connectivity index (χ1) is 4.95. The van der Waals surface area contributed by atoms with E-state index >= 15 is 0 Å². The normalized spacial score (nSPS) is 9.45. The fourth-order valence-electron chi connectivity index (χ4n) is 0.623. The molecule has 0 saturated heterocycles. The number of carbonyl (C=O) groups is 2. The van der Waals surface area contributed by atoms with Crippen LogP contribution in [0.5, 0.6) is 0 Å². The van der Waals surface area contributed by atoms with Crippen LogP contribution < -0.4 is 5.32 Å². The first kappa shape index (κ1) is 9.88. The summed E-state index contributed by atoms with van der Waals surface area (Å²) in [6, 6.07) is 0. The van der Waals surface area contributed by atoms with E-state index in [2.05, 4.69) is 11.9 Å². The van der Waals surface area contributed by atoms with Crippen LogP contribution >= 0.6 is 0 Å². The van der Waals surface area contributed by atoms with E-state index in [4.69, 9.17) is 0 Å². The zero-order valence-corrected chi connectivity index (χ0v) is 7.10. The van der Waals surface area contributed by atoms with Gasteiger partial charge < -0.3 is 5.32 Å². The van der Waals surface area contributed by atoms with Crippen LogP contribution in [-0.4, -0.2) is 11.7 Å². The van der Waals surface area contributed by atoms with Gasteiger partial charge in [-0.05, 0) is 0 Å². The molecule has 0 rings (SSSR count). The van der Waals surface area contributed by atoms with Crippen LogP contribution in [0.25, 0.3) is 0 Å². The van der Waals surface area contributed by atoms with Crippen molar-refractivity contribution in [3.8, 4) is 0 Å². The highest BCUT2D eigenvalue weighted by atomic mass is 16.2. The molecular weight excluding hydrogens is 142 g/mol. The van der Waals surface area contributed by atoms with E-state index in [1.54, 1.807) is 13.8 Å².